The SMILES string of the molecule is CSc1nn(-c2ccccc2)c(NC(=O)CC2CC3CCC2C3)c1C#N. The molecule has 1 aromatic heterocycles. The number of para-hydroxylation sites is 1. The summed E-state index contributed by atoms with van der Waals surface area (Å²) in [7, 11) is 0. The minimum absolute atomic E-state index is 0.0104. The predicted octanol–water partition coefficient (Wildman–Crippen LogP) is 4.23. The smallest absolute Gasteiger partial charge is 0.225 e. The third kappa shape index (κ3) is 3.12. The molecule has 1 aromatic carbocycles. The number of nitrogens with zero attached hydrogens (tertiary/aromatic N) is 3. The third-order valence-electron chi connectivity index (χ3n) is 5.75. The molecular weight excluding hydrogens is 344 g/mol. The van der Waals surface area contributed by atoms with Gasteiger partial charge in [0, 0.05) is 6.42 Å². The number of carbonyl (C=O) groups is 1. The van der Waals surface area contributed by atoms with E-state index in [9.17, 15) is 10.1 Å². The van der Waals surface area contributed by atoms with Gasteiger partial charge in [0.05, 0.1) is 5.69 Å². The van der Waals surface area contributed by atoms with Crippen molar-refractivity contribution in [1.29, 1.82) is 5.26 Å². The number of rotatable bonds is 5. The molecule has 5 nitrogen and oxygen atoms in total. The van der Waals surface area contributed by atoms with Gasteiger partial charge in [-0.2, -0.15) is 10.4 Å². The van der Waals surface area contributed by atoms with Gasteiger partial charge in [-0.05, 0) is 55.4 Å². The van der Waals surface area contributed by atoms with Crippen molar-refractivity contribution in [2.75, 3.05) is 11.6 Å². The molecule has 26 heavy (non-hydrogen) atoms. The number of hydrogen-bond donors (Lipinski definition) is 1. The van der Waals surface area contributed by atoms with E-state index in [4.69, 9.17) is 0 Å². The van der Waals surface area contributed by atoms with Crippen molar-refractivity contribution in [2.45, 2.75) is 37.1 Å². The standard InChI is InChI=1S/C20H22N4OS/c1-26-20-17(12-21)19(24(23-20)16-5-3-2-4-6-16)22-18(25)11-15-10-13-7-8-14(15)9-13/h2-6,13-15H,7-11H2,1H3,(H,22,25). The number of fused-ring (bicyclic) bond motifs is 2. The number of carbonyl (C=O) groups excluding carboxylic acids is 1. The lowest BCUT2D eigenvalue weighted by molar-refractivity contribution is -0.117. The van der Waals surface area contributed by atoms with Gasteiger partial charge < -0.3 is 5.32 Å². The van der Waals surface area contributed by atoms with Gasteiger partial charge in [0.2, 0.25) is 5.91 Å². The highest BCUT2D eigenvalue weighted by atomic mass is 32.2. The number of aromatic nitrogens is 2. The quantitative estimate of drug-likeness (QED) is 0.804. The van der Waals surface area contributed by atoms with Gasteiger partial charge in [-0.3, -0.25) is 4.79 Å². The molecule has 6 heteroatoms. The first kappa shape index (κ1) is 17.2. The fourth-order valence-corrected chi connectivity index (χ4v) is 5.07. The van der Waals surface area contributed by atoms with Gasteiger partial charge in [0.25, 0.3) is 0 Å². The molecular formula is C20H22N4OS. The number of benzene rings is 1. The molecule has 4 rings (SSSR count). The van der Waals surface area contributed by atoms with E-state index in [2.05, 4.69) is 16.5 Å². The average Bonchev–Trinajstić information content (AvgIpc) is 3.36. The van der Waals surface area contributed by atoms with Crippen molar-refractivity contribution in [1.82, 2.24) is 9.78 Å². The van der Waals surface area contributed by atoms with Crippen molar-refractivity contribution in [2.24, 2.45) is 17.8 Å². The maximum atomic E-state index is 12.7. The molecule has 2 aliphatic rings. The van der Waals surface area contributed by atoms with Gasteiger partial charge in [-0.15, -0.1) is 11.8 Å². The first-order valence-electron chi connectivity index (χ1n) is 9.12. The van der Waals surface area contributed by atoms with E-state index in [-0.39, 0.29) is 5.91 Å². The number of anilines is 1. The van der Waals surface area contributed by atoms with Gasteiger partial charge in [0.1, 0.15) is 16.7 Å². The van der Waals surface area contributed by atoms with Crippen molar-refractivity contribution in [3.63, 3.8) is 0 Å². The molecule has 3 atom stereocenters. The maximum absolute atomic E-state index is 12.7. The van der Waals surface area contributed by atoms with Crippen LogP contribution in [0.2, 0.25) is 0 Å². The van der Waals surface area contributed by atoms with Gasteiger partial charge >= 0.3 is 0 Å². The van der Waals surface area contributed by atoms with Gasteiger partial charge in [0.15, 0.2) is 5.82 Å². The summed E-state index contributed by atoms with van der Waals surface area (Å²) < 4.78 is 1.67. The highest BCUT2D eigenvalue weighted by Crippen LogP contribution is 2.49. The van der Waals surface area contributed by atoms with E-state index in [0.29, 0.717) is 34.7 Å². The number of thioether (sulfide) groups is 1. The van der Waals surface area contributed by atoms with Crippen LogP contribution in [0.5, 0.6) is 0 Å². The Morgan fingerprint density at radius 2 is 2.15 bits per heavy atom. The van der Waals surface area contributed by atoms with Crippen LogP contribution in [0, 0.1) is 29.1 Å². The highest BCUT2D eigenvalue weighted by molar-refractivity contribution is 7.98. The van der Waals surface area contributed by atoms with Crippen LogP contribution in [0.4, 0.5) is 5.82 Å². The minimum atomic E-state index is -0.0104. The molecule has 0 spiro atoms. The predicted molar refractivity (Wildman–Crippen MR) is 102 cm³/mol. The molecule has 2 saturated carbocycles. The topological polar surface area (TPSA) is 70.7 Å². The lowest BCUT2D eigenvalue weighted by Gasteiger charge is -2.21. The van der Waals surface area contributed by atoms with Crippen LogP contribution < -0.4 is 5.32 Å². The van der Waals surface area contributed by atoms with Crippen molar-refractivity contribution in [3.05, 3.63) is 35.9 Å². The summed E-state index contributed by atoms with van der Waals surface area (Å²) in [5.41, 5.74) is 1.27. The zero-order valence-corrected chi connectivity index (χ0v) is 15.6. The molecule has 0 radical (unpaired) electrons. The summed E-state index contributed by atoms with van der Waals surface area (Å²) in [6.45, 7) is 0. The lowest BCUT2D eigenvalue weighted by atomic mass is 9.86. The molecule has 1 N–H and O–H groups in total. The van der Waals surface area contributed by atoms with Gasteiger partial charge in [-0.1, -0.05) is 24.6 Å². The summed E-state index contributed by atoms with van der Waals surface area (Å²) in [4.78, 5) is 12.7. The first-order chi connectivity index (χ1) is 12.7. The third-order valence-corrected chi connectivity index (χ3v) is 6.42. The van der Waals surface area contributed by atoms with E-state index >= 15 is 0 Å². The molecule has 3 unspecified atom stereocenters. The fourth-order valence-electron chi connectivity index (χ4n) is 4.56. The summed E-state index contributed by atoms with van der Waals surface area (Å²) in [5.74, 6) is 2.50. The lowest BCUT2D eigenvalue weighted by Crippen LogP contribution is -2.22. The number of amides is 1. The Balaban J connectivity index is 1.59. The largest absolute Gasteiger partial charge is 0.309 e. The molecule has 1 amide bonds. The van der Waals surface area contributed by atoms with Crippen LogP contribution in [-0.2, 0) is 4.79 Å². The minimum Gasteiger partial charge on any atom is -0.309 e. The van der Waals surface area contributed by atoms with Crippen molar-refractivity contribution in [3.8, 4) is 11.8 Å². The second-order valence-electron chi connectivity index (χ2n) is 7.28. The summed E-state index contributed by atoms with van der Waals surface area (Å²) in [6, 6.07) is 11.8. The van der Waals surface area contributed by atoms with Gasteiger partial charge in [-0.25, -0.2) is 4.68 Å². The Kier molecular flexibility index (Phi) is 4.73. The zero-order chi connectivity index (χ0) is 18.1. The second kappa shape index (κ2) is 7.16. The Morgan fingerprint density at radius 1 is 1.35 bits per heavy atom. The van der Waals surface area contributed by atoms with E-state index in [1.807, 2.05) is 36.6 Å². The average molecular weight is 366 g/mol. The fraction of sp³-hybridized carbons (Fsp3) is 0.450. The molecule has 0 saturated heterocycles. The zero-order valence-electron chi connectivity index (χ0n) is 14.8. The first-order valence-corrected chi connectivity index (χ1v) is 10.3. The summed E-state index contributed by atoms with van der Waals surface area (Å²) >= 11 is 1.41. The molecule has 134 valence electrons. The monoisotopic (exact) mass is 366 g/mol. The van der Waals surface area contributed by atoms with Crippen molar-refractivity contribution < 1.29 is 4.79 Å². The Morgan fingerprint density at radius 3 is 2.77 bits per heavy atom. The van der Waals surface area contributed by atoms with E-state index in [0.717, 1.165) is 11.6 Å². The Bertz CT molecular complexity index is 855. The molecule has 1 heterocycles. The van der Waals surface area contributed by atoms with E-state index < -0.39 is 0 Å². The van der Waals surface area contributed by atoms with E-state index in [1.54, 1.807) is 4.68 Å². The second-order valence-corrected chi connectivity index (χ2v) is 8.07. The summed E-state index contributed by atoms with van der Waals surface area (Å²) in [6.07, 6.45) is 7.50. The van der Waals surface area contributed by atoms with Crippen LogP contribution in [0.15, 0.2) is 35.4 Å². The molecule has 2 aliphatic carbocycles. The molecule has 2 bridgehead atoms. The number of nitriles is 1. The molecule has 2 aromatic rings. The Labute approximate surface area is 157 Å². The van der Waals surface area contributed by atoms with Crippen molar-refractivity contribution >= 4 is 23.5 Å². The van der Waals surface area contributed by atoms with Crippen LogP contribution in [0.1, 0.15) is 37.7 Å². The molecule has 2 fully saturated rings. The highest BCUT2D eigenvalue weighted by Gasteiger charge is 2.40. The Hall–Kier alpha value is -2.26. The number of hydrogen-bond acceptors (Lipinski definition) is 4. The van der Waals surface area contributed by atoms with Crippen LogP contribution in [0.3, 0.4) is 0 Å². The normalized spacial score (nSPS) is 23.8. The summed E-state index contributed by atoms with van der Waals surface area (Å²) in [5, 5.41) is 17.8. The van der Waals surface area contributed by atoms with E-state index in [1.165, 1.54) is 37.4 Å². The van der Waals surface area contributed by atoms with Crippen LogP contribution >= 0.6 is 11.8 Å². The van der Waals surface area contributed by atoms with Crippen LogP contribution in [0.25, 0.3) is 5.69 Å². The number of nitrogens with one attached hydrogen (secondary N) is 1. The van der Waals surface area contributed by atoms with Crippen LogP contribution in [-0.4, -0.2) is 21.9 Å². The maximum Gasteiger partial charge on any atom is 0.225 e. The molecule has 0 aliphatic heterocycles.